The number of anilines is 1. The Morgan fingerprint density at radius 3 is 2.14 bits per heavy atom. The van der Waals surface area contributed by atoms with Gasteiger partial charge in [-0.2, -0.15) is 4.31 Å². The minimum atomic E-state index is -3.57. The standard InChI is InChI=1S/C27H35N3O4S/c1-19-8-10-23(11-9-19)35(33,34)30-14-12-22(13-15-30)26(31)28-25-7-5-4-6-24(25)27(32)29-17-20(2)16-21(3)18-29/h4-11,20-22H,12-18H2,1-3H3,(H,28,31). The van der Waals surface area contributed by atoms with Crippen LogP contribution in [-0.2, 0) is 14.8 Å². The molecule has 35 heavy (non-hydrogen) atoms. The van der Waals surface area contributed by atoms with Gasteiger partial charge < -0.3 is 10.2 Å². The van der Waals surface area contributed by atoms with Crippen molar-refractivity contribution in [3.05, 3.63) is 59.7 Å². The van der Waals surface area contributed by atoms with E-state index in [2.05, 4.69) is 19.2 Å². The van der Waals surface area contributed by atoms with E-state index in [1.807, 2.05) is 24.0 Å². The number of carbonyl (C=O) groups is 2. The molecule has 2 unspecified atom stereocenters. The van der Waals surface area contributed by atoms with Crippen LogP contribution in [0, 0.1) is 24.7 Å². The monoisotopic (exact) mass is 497 g/mol. The van der Waals surface area contributed by atoms with Crippen LogP contribution in [0.2, 0.25) is 0 Å². The number of para-hydroxylation sites is 1. The lowest BCUT2D eigenvalue weighted by atomic mass is 9.91. The molecule has 0 aliphatic carbocycles. The van der Waals surface area contributed by atoms with Crippen LogP contribution in [0.4, 0.5) is 5.69 Å². The van der Waals surface area contributed by atoms with Crippen molar-refractivity contribution in [3.63, 3.8) is 0 Å². The van der Waals surface area contributed by atoms with E-state index < -0.39 is 10.0 Å². The summed E-state index contributed by atoms with van der Waals surface area (Å²) in [5.74, 6) is 0.366. The van der Waals surface area contributed by atoms with Gasteiger partial charge in [-0.05, 0) is 62.3 Å². The van der Waals surface area contributed by atoms with E-state index in [1.165, 1.54) is 4.31 Å². The molecule has 2 aliphatic rings. The fraction of sp³-hybridized carbons (Fsp3) is 0.481. The molecule has 1 N–H and O–H groups in total. The minimum absolute atomic E-state index is 0.0571. The van der Waals surface area contributed by atoms with Gasteiger partial charge >= 0.3 is 0 Å². The Morgan fingerprint density at radius 1 is 0.914 bits per heavy atom. The molecule has 188 valence electrons. The smallest absolute Gasteiger partial charge is 0.255 e. The second-order valence-electron chi connectivity index (χ2n) is 10.2. The van der Waals surface area contributed by atoms with Crippen molar-refractivity contribution in [1.29, 1.82) is 0 Å². The van der Waals surface area contributed by atoms with E-state index in [4.69, 9.17) is 0 Å². The van der Waals surface area contributed by atoms with Crippen LogP contribution in [0.5, 0.6) is 0 Å². The Bertz CT molecular complexity index is 1160. The van der Waals surface area contributed by atoms with Crippen LogP contribution >= 0.6 is 0 Å². The number of hydrogen-bond acceptors (Lipinski definition) is 4. The number of aryl methyl sites for hydroxylation is 1. The summed E-state index contributed by atoms with van der Waals surface area (Å²) in [6, 6.07) is 14.0. The van der Waals surface area contributed by atoms with Crippen molar-refractivity contribution in [2.75, 3.05) is 31.5 Å². The highest BCUT2D eigenvalue weighted by molar-refractivity contribution is 7.89. The molecule has 0 radical (unpaired) electrons. The third-order valence-corrected chi connectivity index (χ3v) is 8.97. The summed E-state index contributed by atoms with van der Waals surface area (Å²) in [6.45, 7) is 8.26. The molecule has 8 heteroatoms. The molecule has 2 amide bonds. The van der Waals surface area contributed by atoms with E-state index in [9.17, 15) is 18.0 Å². The molecule has 2 aromatic rings. The van der Waals surface area contributed by atoms with E-state index in [0.717, 1.165) is 25.1 Å². The van der Waals surface area contributed by atoms with Gasteiger partial charge in [-0.3, -0.25) is 9.59 Å². The first kappa shape index (κ1) is 25.4. The molecule has 4 rings (SSSR count). The predicted octanol–water partition coefficient (Wildman–Crippen LogP) is 4.15. The lowest BCUT2D eigenvalue weighted by Gasteiger charge is -2.35. The number of piperidine rings is 2. The fourth-order valence-electron chi connectivity index (χ4n) is 5.23. The summed E-state index contributed by atoms with van der Waals surface area (Å²) in [4.78, 5) is 28.5. The second-order valence-corrected chi connectivity index (χ2v) is 12.1. The molecule has 2 aromatic carbocycles. The number of sulfonamides is 1. The van der Waals surface area contributed by atoms with Gasteiger partial charge in [0.1, 0.15) is 0 Å². The Balaban J connectivity index is 1.40. The molecule has 2 heterocycles. The highest BCUT2D eigenvalue weighted by atomic mass is 32.2. The number of nitrogens with one attached hydrogen (secondary N) is 1. The Hall–Kier alpha value is -2.71. The molecule has 0 saturated carbocycles. The number of nitrogens with zero attached hydrogens (tertiary/aromatic N) is 2. The topological polar surface area (TPSA) is 86.8 Å². The third kappa shape index (κ3) is 5.76. The molecular weight excluding hydrogens is 462 g/mol. The SMILES string of the molecule is Cc1ccc(S(=O)(=O)N2CCC(C(=O)Nc3ccccc3C(=O)N3CC(C)CC(C)C3)CC2)cc1. The summed E-state index contributed by atoms with van der Waals surface area (Å²) in [5.41, 5.74) is 2.02. The van der Waals surface area contributed by atoms with Gasteiger partial charge in [0.05, 0.1) is 16.1 Å². The molecule has 7 nitrogen and oxygen atoms in total. The van der Waals surface area contributed by atoms with Gasteiger partial charge in [-0.25, -0.2) is 8.42 Å². The number of rotatable bonds is 5. The summed E-state index contributed by atoms with van der Waals surface area (Å²) in [6.07, 6.45) is 1.99. The predicted molar refractivity (Wildman–Crippen MR) is 137 cm³/mol. The maximum absolute atomic E-state index is 13.3. The van der Waals surface area contributed by atoms with Crippen LogP contribution in [0.15, 0.2) is 53.4 Å². The molecular formula is C27H35N3O4S. The maximum Gasteiger partial charge on any atom is 0.255 e. The molecule has 2 aliphatic heterocycles. The fourth-order valence-corrected chi connectivity index (χ4v) is 6.70. The van der Waals surface area contributed by atoms with Crippen molar-refractivity contribution < 1.29 is 18.0 Å². The first-order valence-electron chi connectivity index (χ1n) is 12.4. The molecule has 0 bridgehead atoms. The number of likely N-dealkylation sites (tertiary alicyclic amines) is 1. The molecule has 2 atom stereocenters. The van der Waals surface area contributed by atoms with Crippen molar-refractivity contribution in [2.45, 2.75) is 44.9 Å². The summed E-state index contributed by atoms with van der Waals surface area (Å²) in [5, 5.41) is 2.96. The quantitative estimate of drug-likeness (QED) is 0.672. The molecule has 2 fully saturated rings. The van der Waals surface area contributed by atoms with Gasteiger partial charge in [0, 0.05) is 32.1 Å². The average Bonchev–Trinajstić information content (AvgIpc) is 2.83. The van der Waals surface area contributed by atoms with E-state index in [1.54, 1.807) is 36.4 Å². The van der Waals surface area contributed by atoms with Gasteiger partial charge in [0.2, 0.25) is 15.9 Å². The Kier molecular flexibility index (Phi) is 7.62. The molecule has 0 spiro atoms. The third-order valence-electron chi connectivity index (χ3n) is 7.05. The lowest BCUT2D eigenvalue weighted by molar-refractivity contribution is -0.120. The highest BCUT2D eigenvalue weighted by Crippen LogP contribution is 2.28. The zero-order valence-corrected chi connectivity index (χ0v) is 21.6. The first-order chi connectivity index (χ1) is 16.6. The number of carbonyl (C=O) groups excluding carboxylic acids is 2. The summed E-state index contributed by atoms with van der Waals surface area (Å²) < 4.78 is 27.4. The van der Waals surface area contributed by atoms with Gasteiger partial charge in [0.15, 0.2) is 0 Å². The zero-order chi connectivity index (χ0) is 25.2. The van der Waals surface area contributed by atoms with Crippen molar-refractivity contribution in [3.8, 4) is 0 Å². The summed E-state index contributed by atoms with van der Waals surface area (Å²) in [7, 11) is -3.57. The maximum atomic E-state index is 13.3. The van der Waals surface area contributed by atoms with Crippen LogP contribution in [0.1, 0.15) is 49.0 Å². The Morgan fingerprint density at radius 2 is 1.51 bits per heavy atom. The van der Waals surface area contributed by atoms with Crippen LogP contribution in [-0.4, -0.2) is 55.6 Å². The average molecular weight is 498 g/mol. The first-order valence-corrected chi connectivity index (χ1v) is 13.8. The number of hydrogen-bond donors (Lipinski definition) is 1. The van der Waals surface area contributed by atoms with E-state index >= 15 is 0 Å². The number of amides is 2. The lowest BCUT2D eigenvalue weighted by Crippen LogP contribution is -2.43. The highest BCUT2D eigenvalue weighted by Gasteiger charge is 2.33. The van der Waals surface area contributed by atoms with Crippen molar-refractivity contribution in [1.82, 2.24) is 9.21 Å². The van der Waals surface area contributed by atoms with E-state index in [-0.39, 0.29) is 22.6 Å². The largest absolute Gasteiger partial charge is 0.338 e. The zero-order valence-electron chi connectivity index (χ0n) is 20.7. The van der Waals surface area contributed by atoms with Crippen LogP contribution in [0.3, 0.4) is 0 Å². The normalized spacial score (nSPS) is 22.1. The Labute approximate surface area is 208 Å². The minimum Gasteiger partial charge on any atom is -0.338 e. The van der Waals surface area contributed by atoms with Gasteiger partial charge in [-0.1, -0.05) is 43.7 Å². The van der Waals surface area contributed by atoms with Gasteiger partial charge in [-0.15, -0.1) is 0 Å². The molecule has 2 saturated heterocycles. The van der Waals surface area contributed by atoms with Crippen LogP contribution < -0.4 is 5.32 Å². The number of benzene rings is 2. The molecule has 0 aromatic heterocycles. The van der Waals surface area contributed by atoms with Crippen LogP contribution in [0.25, 0.3) is 0 Å². The second kappa shape index (κ2) is 10.5. The summed E-state index contributed by atoms with van der Waals surface area (Å²) >= 11 is 0. The van der Waals surface area contributed by atoms with E-state index in [0.29, 0.717) is 49.0 Å². The van der Waals surface area contributed by atoms with Crippen molar-refractivity contribution in [2.24, 2.45) is 17.8 Å². The van der Waals surface area contributed by atoms with Gasteiger partial charge in [0.25, 0.3) is 5.91 Å². The van der Waals surface area contributed by atoms with Crippen molar-refractivity contribution >= 4 is 27.5 Å².